The van der Waals surface area contributed by atoms with Crippen LogP contribution in [0.4, 0.5) is 0 Å². The van der Waals surface area contributed by atoms with Crippen LogP contribution in [0, 0.1) is 0 Å². The highest BCUT2D eigenvalue weighted by Gasteiger charge is 2.37. The molecule has 1 aromatic rings. The van der Waals surface area contributed by atoms with Gasteiger partial charge >= 0.3 is 5.97 Å². The third-order valence-corrected chi connectivity index (χ3v) is 4.80. The summed E-state index contributed by atoms with van der Waals surface area (Å²) in [6, 6.07) is 7.90. The molecule has 1 unspecified atom stereocenters. The lowest BCUT2D eigenvalue weighted by atomic mass is 10.0. The average molecular weight is 463 g/mol. The van der Waals surface area contributed by atoms with E-state index in [1.165, 1.54) is 4.90 Å². The third kappa shape index (κ3) is 10.6. The molecule has 0 bridgehead atoms. The quantitative estimate of drug-likeness (QED) is 0.162. The van der Waals surface area contributed by atoms with Crippen LogP contribution in [-0.4, -0.2) is 78.3 Å². The van der Waals surface area contributed by atoms with Gasteiger partial charge in [-0.15, -0.1) is 0 Å². The van der Waals surface area contributed by atoms with Crippen molar-refractivity contribution in [1.29, 1.82) is 0 Å². The third-order valence-electron chi connectivity index (χ3n) is 4.80. The van der Waals surface area contributed by atoms with Crippen molar-refractivity contribution in [3.8, 4) is 0 Å². The molecule has 7 N–H and O–H groups in total. The van der Waals surface area contributed by atoms with E-state index in [4.69, 9.17) is 16.6 Å². The first-order chi connectivity index (χ1) is 15.8. The minimum atomic E-state index is -1.06. The van der Waals surface area contributed by atoms with Crippen LogP contribution in [0.2, 0.25) is 0 Å². The smallest absolute Gasteiger partial charge is 0.317 e. The van der Waals surface area contributed by atoms with Gasteiger partial charge in [0.25, 0.3) is 0 Å². The maximum absolute atomic E-state index is 13.0. The number of aliphatic carboxylic acids is 1. The Morgan fingerprint density at radius 1 is 1.27 bits per heavy atom. The summed E-state index contributed by atoms with van der Waals surface area (Å²) in [5.41, 5.74) is 10.9. The van der Waals surface area contributed by atoms with Gasteiger partial charge in [-0.05, 0) is 31.2 Å². The van der Waals surface area contributed by atoms with Gasteiger partial charge in [0.15, 0.2) is 5.96 Å². The number of nitrogens with one attached hydrogen (secondary N) is 2. The van der Waals surface area contributed by atoms with Gasteiger partial charge in [0, 0.05) is 13.1 Å². The van der Waals surface area contributed by atoms with E-state index in [0.29, 0.717) is 32.1 Å². The molecule has 0 saturated carbocycles. The zero-order valence-corrected chi connectivity index (χ0v) is 18.9. The van der Waals surface area contributed by atoms with Crippen molar-refractivity contribution >= 4 is 30.0 Å². The largest absolute Gasteiger partial charge is 0.480 e. The lowest BCUT2D eigenvalue weighted by molar-refractivity contribution is -0.141. The van der Waals surface area contributed by atoms with Crippen LogP contribution in [0.5, 0.6) is 0 Å². The fourth-order valence-corrected chi connectivity index (χ4v) is 3.31. The molecule has 0 aliphatic carbocycles. The fourth-order valence-electron chi connectivity index (χ4n) is 3.31. The summed E-state index contributed by atoms with van der Waals surface area (Å²) < 4.78 is 0. The average Bonchev–Trinajstić information content (AvgIpc) is 3.29. The van der Waals surface area contributed by atoms with Gasteiger partial charge in [-0.1, -0.05) is 37.3 Å². The highest BCUT2D eigenvalue weighted by atomic mass is 16.4. The van der Waals surface area contributed by atoms with Crippen LogP contribution in [0.25, 0.3) is 0 Å². The van der Waals surface area contributed by atoms with Crippen molar-refractivity contribution in [2.24, 2.45) is 16.5 Å². The van der Waals surface area contributed by atoms with Crippen molar-refractivity contribution in [3.05, 3.63) is 35.9 Å². The van der Waals surface area contributed by atoms with Gasteiger partial charge < -0.3 is 31.6 Å². The summed E-state index contributed by atoms with van der Waals surface area (Å²) in [6.07, 6.45) is 3.12. The molecule has 0 radical (unpaired) electrons. The molecule has 1 fully saturated rings. The molecule has 182 valence electrons. The summed E-state index contributed by atoms with van der Waals surface area (Å²) in [7, 11) is 0. The number of likely N-dealkylation sites (tertiary alicyclic amines) is 1. The number of hydrogen-bond acceptors (Lipinski definition) is 6. The number of hydrogen-bond donors (Lipinski definition) is 5. The number of aliphatic imine (C=N–C) groups is 1. The minimum absolute atomic E-state index is 0.0952. The molecule has 2 amide bonds. The molecule has 1 saturated heterocycles. The Hall–Kier alpha value is -3.47. The maximum atomic E-state index is 13.0. The van der Waals surface area contributed by atoms with E-state index >= 15 is 0 Å². The van der Waals surface area contributed by atoms with Gasteiger partial charge in [0.05, 0.1) is 19.1 Å². The standard InChI is InChI=1S/C18H23N3O5.C4H11N3/c22-10-8-19-17(25)15-7-4-9-21(15)18(26)14(20-12-16(23)24)11-13-5-2-1-3-6-13;1-2-3-7-4(5)6/h1-3,5-6,10,14-15,20H,4,7-9,11-12H2,(H,19,25)(H,23,24);2-3H2,1H3,(H4,5,6,7)/t14?,15-;/m0./s1. The van der Waals surface area contributed by atoms with E-state index in [1.54, 1.807) is 0 Å². The second-order valence-corrected chi connectivity index (χ2v) is 7.43. The minimum Gasteiger partial charge on any atom is -0.480 e. The van der Waals surface area contributed by atoms with Crippen molar-refractivity contribution in [1.82, 2.24) is 15.5 Å². The molecular formula is C22H34N6O5. The molecule has 11 nitrogen and oxygen atoms in total. The zero-order chi connectivity index (χ0) is 24.6. The molecule has 33 heavy (non-hydrogen) atoms. The number of carbonyl (C=O) groups excluding carboxylic acids is 3. The van der Waals surface area contributed by atoms with E-state index in [0.717, 1.165) is 18.5 Å². The Bertz CT molecular complexity index is 798. The first-order valence-electron chi connectivity index (χ1n) is 10.9. The van der Waals surface area contributed by atoms with Gasteiger partial charge in [-0.2, -0.15) is 0 Å². The fraction of sp³-hybridized carbons (Fsp3) is 0.500. The molecule has 1 aromatic carbocycles. The lowest BCUT2D eigenvalue weighted by Crippen LogP contribution is -2.54. The Morgan fingerprint density at radius 2 is 1.97 bits per heavy atom. The van der Waals surface area contributed by atoms with E-state index in [1.807, 2.05) is 37.3 Å². The predicted molar refractivity (Wildman–Crippen MR) is 124 cm³/mol. The number of benzene rings is 1. The summed E-state index contributed by atoms with van der Waals surface area (Å²) in [4.78, 5) is 51.7. The van der Waals surface area contributed by atoms with Crippen LogP contribution in [-0.2, 0) is 25.6 Å². The SMILES string of the molecule is CCCN=C(N)N.O=CCNC(=O)[C@@H]1CCCN1C(=O)C(Cc1ccccc1)NCC(=O)O. The molecule has 1 aliphatic heterocycles. The Labute approximate surface area is 193 Å². The van der Waals surface area contributed by atoms with E-state index in [9.17, 15) is 19.2 Å². The molecule has 1 heterocycles. The molecule has 2 rings (SSSR count). The summed E-state index contributed by atoms with van der Waals surface area (Å²) in [5.74, 6) is -1.54. The number of amides is 2. The molecule has 2 atom stereocenters. The number of nitrogens with two attached hydrogens (primary N) is 2. The molecule has 11 heteroatoms. The van der Waals surface area contributed by atoms with Gasteiger partial charge in [0.2, 0.25) is 11.8 Å². The lowest BCUT2D eigenvalue weighted by Gasteiger charge is -2.28. The number of carboxylic acid groups (broad SMARTS) is 1. The maximum Gasteiger partial charge on any atom is 0.317 e. The van der Waals surface area contributed by atoms with Crippen LogP contribution in [0.3, 0.4) is 0 Å². The van der Waals surface area contributed by atoms with Crippen LogP contribution in [0.15, 0.2) is 35.3 Å². The molecular weight excluding hydrogens is 428 g/mol. The van der Waals surface area contributed by atoms with Crippen LogP contribution in [0.1, 0.15) is 31.7 Å². The number of aldehydes is 1. The van der Waals surface area contributed by atoms with Gasteiger partial charge in [-0.3, -0.25) is 24.7 Å². The first kappa shape index (κ1) is 27.6. The zero-order valence-electron chi connectivity index (χ0n) is 18.9. The Kier molecular flexibility index (Phi) is 12.8. The second kappa shape index (κ2) is 15.4. The highest BCUT2D eigenvalue weighted by molar-refractivity contribution is 5.91. The predicted octanol–water partition coefficient (Wildman–Crippen LogP) is -0.752. The molecule has 0 aromatic heterocycles. The van der Waals surface area contributed by atoms with E-state index in [-0.39, 0.29) is 30.9 Å². The number of nitrogens with zero attached hydrogens (tertiary/aromatic N) is 2. The van der Waals surface area contributed by atoms with Gasteiger partial charge in [-0.25, -0.2) is 0 Å². The van der Waals surface area contributed by atoms with Crippen molar-refractivity contribution in [3.63, 3.8) is 0 Å². The van der Waals surface area contributed by atoms with E-state index < -0.39 is 18.1 Å². The van der Waals surface area contributed by atoms with Crippen molar-refractivity contribution in [2.45, 2.75) is 44.7 Å². The normalized spacial score (nSPS) is 15.5. The first-order valence-corrected chi connectivity index (χ1v) is 10.9. The number of carbonyl (C=O) groups is 4. The molecule has 1 aliphatic rings. The Balaban J connectivity index is 0.000000675. The highest BCUT2D eigenvalue weighted by Crippen LogP contribution is 2.19. The molecule has 0 spiro atoms. The summed E-state index contributed by atoms with van der Waals surface area (Å²) in [6.45, 7) is 2.74. The summed E-state index contributed by atoms with van der Waals surface area (Å²) >= 11 is 0. The van der Waals surface area contributed by atoms with Crippen LogP contribution < -0.4 is 22.1 Å². The van der Waals surface area contributed by atoms with Gasteiger partial charge in [0.1, 0.15) is 12.3 Å². The second-order valence-electron chi connectivity index (χ2n) is 7.43. The Morgan fingerprint density at radius 3 is 2.52 bits per heavy atom. The van der Waals surface area contributed by atoms with E-state index in [2.05, 4.69) is 15.6 Å². The number of guanidine groups is 1. The number of carboxylic acids is 1. The van der Waals surface area contributed by atoms with Crippen molar-refractivity contribution in [2.75, 3.05) is 26.2 Å². The topological polar surface area (TPSA) is 180 Å². The monoisotopic (exact) mass is 462 g/mol. The number of rotatable bonds is 11. The van der Waals surface area contributed by atoms with Crippen molar-refractivity contribution < 1.29 is 24.3 Å². The summed E-state index contributed by atoms with van der Waals surface area (Å²) in [5, 5.41) is 14.2. The van der Waals surface area contributed by atoms with Crippen LogP contribution >= 0.6 is 0 Å².